The SMILES string of the molecule is CC.Nc1nnc(-c2ccccc2O)cc1N1CC2CC(C1)N2c1ccncc1. The molecular formula is C22H26N6O. The van der Waals surface area contributed by atoms with Crippen molar-refractivity contribution < 1.29 is 5.11 Å². The third-order valence-electron chi connectivity index (χ3n) is 5.48. The maximum absolute atomic E-state index is 10.1. The van der Waals surface area contributed by atoms with Gasteiger partial charge in [0.1, 0.15) is 5.75 Å². The summed E-state index contributed by atoms with van der Waals surface area (Å²) in [4.78, 5) is 8.86. The third-order valence-corrected chi connectivity index (χ3v) is 5.48. The van der Waals surface area contributed by atoms with Crippen LogP contribution in [0.3, 0.4) is 0 Å². The van der Waals surface area contributed by atoms with Crippen LogP contribution in [0.15, 0.2) is 54.9 Å². The van der Waals surface area contributed by atoms with E-state index in [1.165, 1.54) is 12.1 Å². The molecule has 0 radical (unpaired) electrons. The second kappa shape index (κ2) is 7.95. The topological polar surface area (TPSA) is 91.4 Å². The number of aromatic nitrogens is 3. The van der Waals surface area contributed by atoms with Crippen molar-refractivity contribution in [3.05, 3.63) is 54.9 Å². The number of piperazine rings is 1. The number of nitrogen functional groups attached to an aromatic ring is 1. The molecule has 1 aromatic carbocycles. The van der Waals surface area contributed by atoms with E-state index < -0.39 is 0 Å². The van der Waals surface area contributed by atoms with Gasteiger partial charge in [0, 0.05) is 48.8 Å². The Morgan fingerprint density at radius 1 is 1.00 bits per heavy atom. The molecule has 3 N–H and O–H groups in total. The summed E-state index contributed by atoms with van der Waals surface area (Å²) in [6, 6.07) is 14.1. The van der Waals surface area contributed by atoms with E-state index in [1.807, 2.05) is 44.4 Å². The van der Waals surface area contributed by atoms with Crippen LogP contribution < -0.4 is 15.5 Å². The van der Waals surface area contributed by atoms with E-state index >= 15 is 0 Å². The number of anilines is 3. The van der Waals surface area contributed by atoms with Gasteiger partial charge in [-0.1, -0.05) is 26.0 Å². The zero-order valence-corrected chi connectivity index (χ0v) is 16.7. The van der Waals surface area contributed by atoms with Crippen molar-refractivity contribution in [3.63, 3.8) is 0 Å². The molecule has 5 heterocycles. The lowest BCUT2D eigenvalue weighted by molar-refractivity contribution is 0.291. The van der Waals surface area contributed by atoms with Gasteiger partial charge in [-0.25, -0.2) is 0 Å². The number of nitrogens with zero attached hydrogens (tertiary/aromatic N) is 5. The number of fused-ring (bicyclic) bond motifs is 2. The van der Waals surface area contributed by atoms with E-state index in [-0.39, 0.29) is 5.75 Å². The highest BCUT2D eigenvalue weighted by atomic mass is 16.3. The molecule has 7 nitrogen and oxygen atoms in total. The number of rotatable bonds is 3. The standard InChI is InChI=1S/C20H20N6O.C2H6/c21-20-18(10-17(23-24-20)16-3-1-2-4-19(16)27)25-11-14-9-15(12-25)26(14)13-5-7-22-8-6-13;1-2/h1-8,10,14-15,27H,9,11-12H2,(H2,21,24);1-2H3. The first kappa shape index (κ1) is 19.0. The molecule has 0 amide bonds. The minimum Gasteiger partial charge on any atom is -0.507 e. The molecule has 3 aliphatic rings. The van der Waals surface area contributed by atoms with Gasteiger partial charge in [0.2, 0.25) is 0 Å². The summed E-state index contributed by atoms with van der Waals surface area (Å²) in [5.41, 5.74) is 9.53. The van der Waals surface area contributed by atoms with Crippen LogP contribution in [0.25, 0.3) is 11.3 Å². The van der Waals surface area contributed by atoms with Crippen molar-refractivity contribution >= 4 is 17.2 Å². The lowest BCUT2D eigenvalue weighted by Gasteiger charge is -2.58. The van der Waals surface area contributed by atoms with Crippen molar-refractivity contribution in [2.24, 2.45) is 0 Å². The molecule has 3 saturated heterocycles. The number of phenols is 1. The van der Waals surface area contributed by atoms with E-state index in [1.54, 1.807) is 12.1 Å². The fourth-order valence-corrected chi connectivity index (χ4v) is 4.21. The van der Waals surface area contributed by atoms with E-state index in [0.29, 0.717) is 29.2 Å². The molecule has 3 aliphatic heterocycles. The van der Waals surface area contributed by atoms with Crippen LogP contribution in [0.2, 0.25) is 0 Å². The van der Waals surface area contributed by atoms with Crippen molar-refractivity contribution in [1.29, 1.82) is 0 Å². The summed E-state index contributed by atoms with van der Waals surface area (Å²) in [6.07, 6.45) is 4.86. The Bertz CT molecular complexity index is 968. The number of phenolic OH excluding ortho intramolecular Hbond substituents is 1. The summed E-state index contributed by atoms with van der Waals surface area (Å²) in [7, 11) is 0. The molecule has 2 aromatic heterocycles. The average Bonchev–Trinajstić information content (AvgIpc) is 2.77. The Labute approximate surface area is 170 Å². The van der Waals surface area contributed by atoms with Gasteiger partial charge in [-0.2, -0.15) is 0 Å². The normalized spacial score (nSPS) is 19.8. The Morgan fingerprint density at radius 2 is 1.69 bits per heavy atom. The molecule has 6 rings (SSSR count). The molecule has 2 bridgehead atoms. The fraction of sp³-hybridized carbons (Fsp3) is 0.318. The number of para-hydroxylation sites is 1. The fourth-order valence-electron chi connectivity index (χ4n) is 4.21. The first-order chi connectivity index (χ1) is 14.2. The number of aromatic hydroxyl groups is 1. The minimum absolute atomic E-state index is 0.188. The Kier molecular flexibility index (Phi) is 5.20. The lowest BCUT2D eigenvalue weighted by atomic mass is 9.86. The summed E-state index contributed by atoms with van der Waals surface area (Å²) in [5, 5.41) is 18.4. The maximum Gasteiger partial charge on any atom is 0.169 e. The molecule has 0 saturated carbocycles. The predicted octanol–water partition coefficient (Wildman–Crippen LogP) is 3.32. The number of benzene rings is 1. The molecule has 0 aliphatic carbocycles. The highest BCUT2D eigenvalue weighted by Gasteiger charge is 2.45. The van der Waals surface area contributed by atoms with Crippen LogP contribution >= 0.6 is 0 Å². The second-order valence-electron chi connectivity index (χ2n) is 7.08. The van der Waals surface area contributed by atoms with Gasteiger partial charge in [0.15, 0.2) is 5.82 Å². The van der Waals surface area contributed by atoms with E-state index in [9.17, 15) is 5.11 Å². The van der Waals surface area contributed by atoms with Crippen LogP contribution in [-0.4, -0.2) is 45.5 Å². The average molecular weight is 390 g/mol. The zero-order valence-electron chi connectivity index (χ0n) is 16.7. The van der Waals surface area contributed by atoms with E-state index in [4.69, 9.17) is 5.73 Å². The molecule has 2 unspecified atom stereocenters. The molecule has 3 fully saturated rings. The highest BCUT2D eigenvalue weighted by molar-refractivity contribution is 5.74. The number of piperidine rings is 1. The quantitative estimate of drug-likeness (QED) is 0.709. The molecule has 29 heavy (non-hydrogen) atoms. The number of nitrogens with two attached hydrogens (primary N) is 1. The summed E-state index contributed by atoms with van der Waals surface area (Å²) in [6.45, 7) is 5.77. The molecule has 3 aromatic rings. The van der Waals surface area contributed by atoms with Gasteiger partial charge < -0.3 is 20.6 Å². The van der Waals surface area contributed by atoms with Crippen molar-refractivity contribution in [2.45, 2.75) is 32.4 Å². The first-order valence-corrected chi connectivity index (χ1v) is 10.1. The van der Waals surface area contributed by atoms with Crippen molar-refractivity contribution in [1.82, 2.24) is 15.2 Å². The first-order valence-electron chi connectivity index (χ1n) is 10.1. The monoisotopic (exact) mass is 390 g/mol. The number of hydrogen-bond acceptors (Lipinski definition) is 7. The third kappa shape index (κ3) is 3.44. The number of hydrogen-bond donors (Lipinski definition) is 2. The Hall–Kier alpha value is -3.35. The van der Waals surface area contributed by atoms with E-state index in [2.05, 4.69) is 37.1 Å². The second-order valence-corrected chi connectivity index (χ2v) is 7.08. The number of pyridine rings is 1. The van der Waals surface area contributed by atoms with Gasteiger partial charge in [-0.3, -0.25) is 4.98 Å². The van der Waals surface area contributed by atoms with Crippen LogP contribution in [0, 0.1) is 0 Å². The zero-order chi connectivity index (χ0) is 20.4. The largest absolute Gasteiger partial charge is 0.507 e. The van der Waals surface area contributed by atoms with Crippen molar-refractivity contribution in [3.8, 4) is 17.0 Å². The summed E-state index contributed by atoms with van der Waals surface area (Å²) < 4.78 is 0. The maximum atomic E-state index is 10.1. The lowest BCUT2D eigenvalue weighted by Crippen LogP contribution is -2.69. The molecule has 150 valence electrons. The van der Waals surface area contributed by atoms with Gasteiger partial charge in [0.05, 0.1) is 11.4 Å². The van der Waals surface area contributed by atoms with Crippen LogP contribution in [0.4, 0.5) is 17.2 Å². The van der Waals surface area contributed by atoms with Crippen LogP contribution in [0.1, 0.15) is 20.3 Å². The molecule has 7 heteroatoms. The summed E-state index contributed by atoms with van der Waals surface area (Å²) >= 11 is 0. The van der Waals surface area contributed by atoms with Crippen LogP contribution in [0.5, 0.6) is 5.75 Å². The Morgan fingerprint density at radius 3 is 2.38 bits per heavy atom. The van der Waals surface area contributed by atoms with Crippen LogP contribution in [-0.2, 0) is 0 Å². The van der Waals surface area contributed by atoms with Gasteiger partial charge in [-0.05, 0) is 36.8 Å². The molecule has 0 spiro atoms. The van der Waals surface area contributed by atoms with Gasteiger partial charge in [-0.15, -0.1) is 10.2 Å². The van der Waals surface area contributed by atoms with Gasteiger partial charge in [0.25, 0.3) is 0 Å². The predicted molar refractivity (Wildman–Crippen MR) is 116 cm³/mol. The Balaban J connectivity index is 0.000000994. The van der Waals surface area contributed by atoms with Crippen molar-refractivity contribution in [2.75, 3.05) is 28.6 Å². The molecule has 2 atom stereocenters. The van der Waals surface area contributed by atoms with E-state index in [0.717, 1.165) is 18.8 Å². The summed E-state index contributed by atoms with van der Waals surface area (Å²) in [5.74, 6) is 0.610. The van der Waals surface area contributed by atoms with Gasteiger partial charge >= 0.3 is 0 Å². The minimum atomic E-state index is 0.188. The molecular weight excluding hydrogens is 364 g/mol. The smallest absolute Gasteiger partial charge is 0.169 e. The highest BCUT2D eigenvalue weighted by Crippen LogP contribution is 2.40.